The molecule has 3 aromatic carbocycles. The molecule has 1 aromatic heterocycles. The molecule has 0 saturated heterocycles. The van der Waals surface area contributed by atoms with Gasteiger partial charge < -0.3 is 19.6 Å². The van der Waals surface area contributed by atoms with Crippen LogP contribution in [0, 0.1) is 0 Å². The summed E-state index contributed by atoms with van der Waals surface area (Å²) in [6, 6.07) is 27.7. The van der Waals surface area contributed by atoms with Crippen LogP contribution in [0.3, 0.4) is 0 Å². The van der Waals surface area contributed by atoms with Crippen LogP contribution in [0.15, 0.2) is 95.7 Å². The number of aromatic nitrogens is 2. The van der Waals surface area contributed by atoms with Crippen molar-refractivity contribution in [3.8, 4) is 17.2 Å². The van der Waals surface area contributed by atoms with E-state index in [1.165, 1.54) is 6.39 Å². The third-order valence-electron chi connectivity index (χ3n) is 4.73. The average Bonchev–Trinajstić information content (AvgIpc) is 3.35. The maximum atomic E-state index is 10.4. The van der Waals surface area contributed by atoms with Gasteiger partial charge in [-0.3, -0.25) is 0 Å². The van der Waals surface area contributed by atoms with Crippen LogP contribution >= 0.6 is 0 Å². The summed E-state index contributed by atoms with van der Waals surface area (Å²) >= 11 is 0. The summed E-state index contributed by atoms with van der Waals surface area (Å²) in [5.41, 5.74) is 3.11. The van der Waals surface area contributed by atoms with Crippen molar-refractivity contribution >= 4 is 0 Å². The molecule has 0 fully saturated rings. The fraction of sp³-hybridized carbons (Fsp3) is 0.167. The highest BCUT2D eigenvalue weighted by Crippen LogP contribution is 2.22. The van der Waals surface area contributed by atoms with Crippen molar-refractivity contribution < 1.29 is 14.3 Å². The Bertz CT molecular complexity index is 967. The third-order valence-corrected chi connectivity index (χ3v) is 4.73. The number of rotatable bonds is 9. The summed E-state index contributed by atoms with van der Waals surface area (Å²) in [5, 5.41) is 21.4. The smallest absolute Gasteiger partial charge is 0.247 e. The predicted octanol–water partition coefficient (Wildman–Crippen LogP) is 3.86. The van der Waals surface area contributed by atoms with Crippen molar-refractivity contribution in [3.05, 3.63) is 102 Å². The molecule has 4 aromatic rings. The predicted molar refractivity (Wildman–Crippen MR) is 114 cm³/mol. The fourth-order valence-corrected chi connectivity index (χ4v) is 3.22. The van der Waals surface area contributed by atoms with Crippen molar-refractivity contribution in [2.45, 2.75) is 12.1 Å². The summed E-state index contributed by atoms with van der Waals surface area (Å²) in [6.07, 6.45) is 0.636. The molecule has 30 heavy (non-hydrogen) atoms. The zero-order chi connectivity index (χ0) is 20.6. The molecule has 0 aliphatic carbocycles. The van der Waals surface area contributed by atoms with E-state index in [9.17, 15) is 5.11 Å². The minimum Gasteiger partial charge on any atom is -0.491 e. The first kappa shape index (κ1) is 19.8. The second-order valence-corrected chi connectivity index (χ2v) is 6.90. The lowest BCUT2D eigenvalue weighted by Gasteiger charge is -2.22. The Morgan fingerprint density at radius 3 is 2.07 bits per heavy atom. The fourth-order valence-electron chi connectivity index (χ4n) is 3.22. The quantitative estimate of drug-likeness (QED) is 0.443. The summed E-state index contributed by atoms with van der Waals surface area (Å²) < 4.78 is 10.9. The summed E-state index contributed by atoms with van der Waals surface area (Å²) in [5.74, 6) is 1.12. The van der Waals surface area contributed by atoms with Gasteiger partial charge in [0.25, 0.3) is 0 Å². The molecule has 1 unspecified atom stereocenters. The second-order valence-electron chi connectivity index (χ2n) is 6.90. The molecule has 0 spiro atoms. The maximum Gasteiger partial charge on any atom is 0.247 e. The first-order valence-electron chi connectivity index (χ1n) is 9.80. The monoisotopic (exact) mass is 401 g/mol. The molecule has 6 nitrogen and oxygen atoms in total. The molecule has 0 saturated carbocycles. The van der Waals surface area contributed by atoms with Crippen LogP contribution < -0.4 is 10.1 Å². The molecule has 1 atom stereocenters. The number of aliphatic hydroxyl groups excluding tert-OH is 1. The largest absolute Gasteiger partial charge is 0.491 e. The van der Waals surface area contributed by atoms with Crippen molar-refractivity contribution in [1.29, 1.82) is 0 Å². The van der Waals surface area contributed by atoms with Gasteiger partial charge in [-0.1, -0.05) is 60.7 Å². The highest BCUT2D eigenvalue weighted by molar-refractivity contribution is 5.53. The minimum atomic E-state index is -0.657. The number of aliphatic hydroxyl groups is 1. The van der Waals surface area contributed by atoms with Gasteiger partial charge in [0.05, 0.1) is 6.04 Å². The molecule has 0 aliphatic rings. The number of nitrogens with zero attached hydrogens (tertiary/aromatic N) is 2. The summed E-state index contributed by atoms with van der Waals surface area (Å²) in [6.45, 7) is 0.581. The van der Waals surface area contributed by atoms with Crippen molar-refractivity contribution in [3.63, 3.8) is 0 Å². The van der Waals surface area contributed by atoms with Gasteiger partial charge in [0.2, 0.25) is 12.3 Å². The first-order chi connectivity index (χ1) is 14.8. The van der Waals surface area contributed by atoms with Gasteiger partial charge in [-0.15, -0.1) is 10.2 Å². The van der Waals surface area contributed by atoms with Gasteiger partial charge in [0, 0.05) is 12.1 Å². The van der Waals surface area contributed by atoms with Gasteiger partial charge >= 0.3 is 0 Å². The molecule has 0 amide bonds. The van der Waals surface area contributed by atoms with E-state index >= 15 is 0 Å². The molecule has 4 rings (SSSR count). The van der Waals surface area contributed by atoms with Gasteiger partial charge in [-0.25, -0.2) is 0 Å². The Kier molecular flexibility index (Phi) is 6.49. The molecule has 152 valence electrons. The average molecular weight is 401 g/mol. The molecule has 1 heterocycles. The number of ether oxygens (including phenoxy) is 1. The number of hydrogen-bond donors (Lipinski definition) is 2. The number of hydrogen-bond acceptors (Lipinski definition) is 6. The number of benzene rings is 3. The zero-order valence-electron chi connectivity index (χ0n) is 16.4. The van der Waals surface area contributed by atoms with Crippen LogP contribution in [0.5, 0.6) is 5.75 Å². The van der Waals surface area contributed by atoms with Gasteiger partial charge in [-0.05, 0) is 35.4 Å². The van der Waals surface area contributed by atoms with Crippen molar-refractivity contribution in [2.24, 2.45) is 0 Å². The second kappa shape index (κ2) is 9.82. The standard InChI is InChI=1S/C24H23N3O3/c28-21(16-29-22-13-11-20(12-14-22)24-27-26-17-30-24)15-25-23(18-7-3-1-4-8-18)19-9-5-2-6-10-19/h1-14,17,21,23,25,28H,15-16H2. The molecular formula is C24H23N3O3. The van der Waals surface area contributed by atoms with E-state index in [0.717, 1.165) is 16.7 Å². The van der Waals surface area contributed by atoms with E-state index in [4.69, 9.17) is 9.15 Å². The van der Waals surface area contributed by atoms with Crippen molar-refractivity contribution in [2.75, 3.05) is 13.2 Å². The zero-order valence-corrected chi connectivity index (χ0v) is 16.4. The van der Waals surface area contributed by atoms with E-state index in [-0.39, 0.29) is 12.6 Å². The Labute approximate surface area is 175 Å². The Balaban J connectivity index is 1.33. The summed E-state index contributed by atoms with van der Waals surface area (Å²) in [7, 11) is 0. The topological polar surface area (TPSA) is 80.4 Å². The van der Waals surface area contributed by atoms with Crippen LogP contribution in [0.4, 0.5) is 0 Å². The Morgan fingerprint density at radius 1 is 0.867 bits per heavy atom. The number of nitrogens with one attached hydrogen (secondary N) is 1. The maximum absolute atomic E-state index is 10.4. The van der Waals surface area contributed by atoms with Crippen molar-refractivity contribution in [1.82, 2.24) is 15.5 Å². The van der Waals surface area contributed by atoms with Crippen LogP contribution in [0.25, 0.3) is 11.5 Å². The van der Waals surface area contributed by atoms with E-state index in [1.807, 2.05) is 60.7 Å². The van der Waals surface area contributed by atoms with Gasteiger partial charge in [0.15, 0.2) is 0 Å². The lowest BCUT2D eigenvalue weighted by molar-refractivity contribution is 0.105. The van der Waals surface area contributed by atoms with E-state index < -0.39 is 6.10 Å². The van der Waals surface area contributed by atoms with Gasteiger partial charge in [-0.2, -0.15) is 0 Å². The SMILES string of the molecule is OC(CNC(c1ccccc1)c1ccccc1)COc1ccc(-c2nnco2)cc1. The minimum absolute atomic E-state index is 0.00395. The highest BCUT2D eigenvalue weighted by Gasteiger charge is 2.15. The highest BCUT2D eigenvalue weighted by atomic mass is 16.5. The third kappa shape index (κ3) is 5.11. The van der Waals surface area contributed by atoms with Gasteiger partial charge in [0.1, 0.15) is 18.5 Å². The van der Waals surface area contributed by atoms with Crippen LogP contribution in [0.1, 0.15) is 17.2 Å². The first-order valence-corrected chi connectivity index (χ1v) is 9.80. The molecule has 0 aliphatic heterocycles. The van der Waals surface area contributed by atoms with Crippen LogP contribution in [-0.2, 0) is 0 Å². The normalized spacial score (nSPS) is 12.1. The summed E-state index contributed by atoms with van der Waals surface area (Å²) in [4.78, 5) is 0. The van der Waals surface area contributed by atoms with E-state index in [0.29, 0.717) is 18.2 Å². The molecule has 2 N–H and O–H groups in total. The Hall–Kier alpha value is -3.48. The molecule has 0 radical (unpaired) electrons. The Morgan fingerprint density at radius 2 is 1.50 bits per heavy atom. The lowest BCUT2D eigenvalue weighted by atomic mass is 9.98. The lowest BCUT2D eigenvalue weighted by Crippen LogP contribution is -2.34. The van der Waals surface area contributed by atoms with Crippen LogP contribution in [-0.4, -0.2) is 34.6 Å². The van der Waals surface area contributed by atoms with E-state index in [1.54, 1.807) is 0 Å². The van der Waals surface area contributed by atoms with Crippen LogP contribution in [0.2, 0.25) is 0 Å². The van der Waals surface area contributed by atoms with E-state index in [2.05, 4.69) is 39.8 Å². The molecule has 6 heteroatoms. The molecule has 0 bridgehead atoms. The molecular weight excluding hydrogens is 378 g/mol.